The lowest BCUT2D eigenvalue weighted by atomic mass is 10.0. The molecule has 0 aliphatic heterocycles. The molecule has 1 unspecified atom stereocenters. The van der Waals surface area contributed by atoms with Crippen LogP contribution in [0.15, 0.2) is 43.0 Å². The van der Waals surface area contributed by atoms with Crippen molar-refractivity contribution in [2.75, 3.05) is 6.54 Å². The van der Waals surface area contributed by atoms with E-state index < -0.39 is 0 Å². The number of aromatic nitrogens is 4. The van der Waals surface area contributed by atoms with E-state index in [1.807, 2.05) is 39.9 Å². The Bertz CT molecular complexity index is 697. The number of nitrogens with zero attached hydrogens (tertiary/aromatic N) is 4. The zero-order chi connectivity index (χ0) is 13.9. The Kier molecular flexibility index (Phi) is 3.52. The van der Waals surface area contributed by atoms with Crippen LogP contribution >= 0.6 is 0 Å². The fraction of sp³-hybridized carbons (Fsp3) is 0.333. The summed E-state index contributed by atoms with van der Waals surface area (Å²) in [7, 11) is 0. The van der Waals surface area contributed by atoms with Crippen LogP contribution in [0.25, 0.3) is 5.52 Å². The zero-order valence-corrected chi connectivity index (χ0v) is 11.8. The van der Waals surface area contributed by atoms with Crippen LogP contribution in [0.1, 0.15) is 31.0 Å². The first kappa shape index (κ1) is 12.9. The number of pyridine rings is 1. The van der Waals surface area contributed by atoms with Gasteiger partial charge in [0.2, 0.25) is 0 Å². The highest BCUT2D eigenvalue weighted by Gasteiger charge is 2.18. The third kappa shape index (κ3) is 2.20. The molecule has 104 valence electrons. The van der Waals surface area contributed by atoms with Crippen molar-refractivity contribution in [2.45, 2.75) is 26.4 Å². The first-order valence-electron chi connectivity index (χ1n) is 7.01. The van der Waals surface area contributed by atoms with Gasteiger partial charge in [-0.05, 0) is 25.6 Å². The first-order valence-corrected chi connectivity index (χ1v) is 7.01. The molecule has 0 aromatic carbocycles. The molecule has 0 aliphatic rings. The molecule has 20 heavy (non-hydrogen) atoms. The van der Waals surface area contributed by atoms with Gasteiger partial charge in [0.25, 0.3) is 0 Å². The summed E-state index contributed by atoms with van der Waals surface area (Å²) in [5.74, 6) is 0. The summed E-state index contributed by atoms with van der Waals surface area (Å²) < 4.78 is 3.86. The van der Waals surface area contributed by atoms with Crippen LogP contribution in [0.3, 0.4) is 0 Å². The van der Waals surface area contributed by atoms with Crippen LogP contribution in [-0.2, 0) is 6.54 Å². The van der Waals surface area contributed by atoms with Crippen molar-refractivity contribution in [3.05, 3.63) is 54.1 Å². The summed E-state index contributed by atoms with van der Waals surface area (Å²) in [6, 6.07) is 6.25. The lowest BCUT2D eigenvalue weighted by Crippen LogP contribution is -2.21. The second kappa shape index (κ2) is 5.46. The van der Waals surface area contributed by atoms with Crippen LogP contribution in [0.4, 0.5) is 0 Å². The molecular formula is C15H19N5. The Hall–Kier alpha value is -2.14. The average Bonchev–Trinajstić information content (AvgIpc) is 3.12. The van der Waals surface area contributed by atoms with Gasteiger partial charge in [0.05, 0.1) is 24.0 Å². The smallest absolute Gasteiger partial charge is 0.0712 e. The molecule has 0 spiro atoms. The topological polar surface area (TPSA) is 47.2 Å². The highest BCUT2D eigenvalue weighted by Crippen LogP contribution is 2.25. The molecule has 0 saturated carbocycles. The molecule has 0 radical (unpaired) electrons. The number of nitrogens with one attached hydrogen (secondary N) is 1. The highest BCUT2D eigenvalue weighted by molar-refractivity contribution is 5.56. The summed E-state index contributed by atoms with van der Waals surface area (Å²) in [5.41, 5.74) is 3.48. The maximum Gasteiger partial charge on any atom is 0.0712 e. The molecule has 0 aliphatic carbocycles. The van der Waals surface area contributed by atoms with Gasteiger partial charge in [0.1, 0.15) is 0 Å². The van der Waals surface area contributed by atoms with Crippen LogP contribution < -0.4 is 5.32 Å². The number of rotatable bonds is 5. The highest BCUT2D eigenvalue weighted by atomic mass is 15.3. The van der Waals surface area contributed by atoms with Crippen molar-refractivity contribution in [3.8, 4) is 0 Å². The fourth-order valence-corrected chi connectivity index (χ4v) is 2.49. The van der Waals surface area contributed by atoms with E-state index in [-0.39, 0.29) is 6.04 Å². The molecule has 5 nitrogen and oxygen atoms in total. The Labute approximate surface area is 118 Å². The Balaban J connectivity index is 2.05. The van der Waals surface area contributed by atoms with E-state index in [0.717, 1.165) is 18.6 Å². The minimum absolute atomic E-state index is 0.125. The molecule has 3 aromatic heterocycles. The van der Waals surface area contributed by atoms with Gasteiger partial charge in [-0.2, -0.15) is 10.2 Å². The van der Waals surface area contributed by atoms with Crippen LogP contribution in [0.2, 0.25) is 0 Å². The van der Waals surface area contributed by atoms with E-state index >= 15 is 0 Å². The number of hydrogen-bond donors (Lipinski definition) is 1. The van der Waals surface area contributed by atoms with E-state index in [1.54, 1.807) is 0 Å². The lowest BCUT2D eigenvalue weighted by Gasteiger charge is -2.15. The molecule has 1 atom stereocenters. The monoisotopic (exact) mass is 269 g/mol. The third-order valence-corrected chi connectivity index (χ3v) is 3.49. The molecular weight excluding hydrogens is 250 g/mol. The van der Waals surface area contributed by atoms with Gasteiger partial charge >= 0.3 is 0 Å². The summed E-state index contributed by atoms with van der Waals surface area (Å²) in [6.45, 7) is 5.98. The van der Waals surface area contributed by atoms with Gasteiger partial charge in [0, 0.05) is 30.1 Å². The van der Waals surface area contributed by atoms with E-state index in [9.17, 15) is 0 Å². The normalized spacial score (nSPS) is 12.9. The van der Waals surface area contributed by atoms with Gasteiger partial charge in [-0.25, -0.2) is 4.52 Å². The molecule has 3 aromatic rings. The zero-order valence-electron chi connectivity index (χ0n) is 11.8. The van der Waals surface area contributed by atoms with Crippen LogP contribution in [-0.4, -0.2) is 25.9 Å². The van der Waals surface area contributed by atoms with Crippen molar-refractivity contribution in [1.29, 1.82) is 0 Å². The van der Waals surface area contributed by atoms with Crippen LogP contribution in [0.5, 0.6) is 0 Å². The third-order valence-electron chi connectivity index (χ3n) is 3.49. The first-order chi connectivity index (χ1) is 9.83. The second-order valence-corrected chi connectivity index (χ2v) is 4.75. The predicted molar refractivity (Wildman–Crippen MR) is 78.6 cm³/mol. The Morgan fingerprint density at radius 3 is 2.85 bits per heavy atom. The largest absolute Gasteiger partial charge is 0.306 e. The van der Waals surface area contributed by atoms with Crippen molar-refractivity contribution in [2.24, 2.45) is 0 Å². The minimum Gasteiger partial charge on any atom is -0.306 e. The van der Waals surface area contributed by atoms with E-state index in [2.05, 4.69) is 41.6 Å². The van der Waals surface area contributed by atoms with Crippen molar-refractivity contribution in [3.63, 3.8) is 0 Å². The maximum atomic E-state index is 4.42. The van der Waals surface area contributed by atoms with Crippen molar-refractivity contribution < 1.29 is 0 Å². The molecule has 1 N–H and O–H groups in total. The van der Waals surface area contributed by atoms with E-state index in [0.29, 0.717) is 0 Å². The Morgan fingerprint density at radius 1 is 1.20 bits per heavy atom. The molecule has 0 amide bonds. The van der Waals surface area contributed by atoms with E-state index in [4.69, 9.17) is 0 Å². The fourth-order valence-electron chi connectivity index (χ4n) is 2.49. The molecule has 0 saturated heterocycles. The number of hydrogen-bond acceptors (Lipinski definition) is 3. The van der Waals surface area contributed by atoms with Gasteiger partial charge in [0.15, 0.2) is 0 Å². The lowest BCUT2D eigenvalue weighted by molar-refractivity contribution is 0.628. The summed E-state index contributed by atoms with van der Waals surface area (Å²) >= 11 is 0. The molecule has 3 heterocycles. The number of aryl methyl sites for hydroxylation is 1. The summed E-state index contributed by atoms with van der Waals surface area (Å²) in [4.78, 5) is 0. The van der Waals surface area contributed by atoms with Crippen molar-refractivity contribution >= 4 is 5.52 Å². The molecule has 5 heteroatoms. The average molecular weight is 269 g/mol. The van der Waals surface area contributed by atoms with Gasteiger partial charge in [-0.1, -0.05) is 13.0 Å². The SMILES string of the molecule is CCNC(c1cnn(CC)c1)c1cnn2ccccc12. The maximum absolute atomic E-state index is 4.42. The standard InChI is InChI=1S/C15H19N5/c1-3-16-15(12-9-17-19(4-2)11-12)13-10-18-20-8-6-5-7-14(13)20/h5-11,15-16H,3-4H2,1-2H3. The predicted octanol–water partition coefficient (Wildman–Crippen LogP) is 2.25. The number of fused-ring (bicyclic) bond motifs is 1. The van der Waals surface area contributed by atoms with Gasteiger partial charge in [-0.15, -0.1) is 0 Å². The Morgan fingerprint density at radius 2 is 2.10 bits per heavy atom. The quantitative estimate of drug-likeness (QED) is 0.773. The molecule has 3 rings (SSSR count). The molecule has 0 fully saturated rings. The van der Waals surface area contributed by atoms with Crippen LogP contribution in [0, 0.1) is 0 Å². The van der Waals surface area contributed by atoms with Crippen molar-refractivity contribution in [1.82, 2.24) is 24.7 Å². The minimum atomic E-state index is 0.125. The molecule has 0 bridgehead atoms. The summed E-state index contributed by atoms with van der Waals surface area (Å²) in [6.07, 6.45) is 7.94. The van der Waals surface area contributed by atoms with Gasteiger partial charge < -0.3 is 5.32 Å². The summed E-state index contributed by atoms with van der Waals surface area (Å²) in [5, 5.41) is 12.3. The van der Waals surface area contributed by atoms with Gasteiger partial charge in [-0.3, -0.25) is 4.68 Å². The second-order valence-electron chi connectivity index (χ2n) is 4.75. The van der Waals surface area contributed by atoms with E-state index in [1.165, 1.54) is 11.1 Å².